The zero-order chi connectivity index (χ0) is 45.6. The molecule has 7 atom stereocenters. The Kier molecular flexibility index (Phi) is 20.6. The van der Waals surface area contributed by atoms with Crippen molar-refractivity contribution < 1.29 is 85.6 Å². The Hall–Kier alpha value is -3.16. The molecule has 3 heterocycles. The number of aliphatic hydroxyl groups is 2. The maximum Gasteiger partial charge on any atom is 0.481 e. The molecule has 0 saturated carbocycles. The van der Waals surface area contributed by atoms with Crippen molar-refractivity contribution in [2.45, 2.75) is 78.6 Å². The normalized spacial score (nSPS) is 20.5. The standard InChI is InChI=1S/C26H44N7O16P3S.C5H8O2/c1-15(2)6-9-53-10-8-28-17(34)5-7-29-24(37)21(36)26(3,4)12-46-52(43,44)49-51(41,42)45-11-16-20(48-50(38,39)40)19(35)25(47-16)33-14-32-18-22(27)30-13-31-23(18)33;1-4(2)3-5(6)7/h6,13-14,16,19-21,25,35-36H,5,7-12H2,1-4H3,(H,28,34)(H,29,37)(H,41,42)(H,43,44)(H2,27,30,31)(H2,38,39,40);3H,1-2H3,(H,6,7)/t16-,19-,20-,21?,25-;/m1./s1. The lowest BCUT2D eigenvalue weighted by molar-refractivity contribution is -0.137. The summed E-state index contributed by atoms with van der Waals surface area (Å²) in [6.45, 7) is 8.34. The van der Waals surface area contributed by atoms with Crippen LogP contribution in [0.2, 0.25) is 0 Å². The molecule has 0 aromatic carbocycles. The Balaban J connectivity index is 0.00000162. The van der Waals surface area contributed by atoms with E-state index < -0.39 is 84.6 Å². The molecule has 0 aliphatic carbocycles. The number of ether oxygens (including phenoxy) is 1. The molecule has 1 aliphatic rings. The van der Waals surface area contributed by atoms with Crippen molar-refractivity contribution in [3.63, 3.8) is 0 Å². The minimum Gasteiger partial charge on any atom is -0.478 e. The number of nitrogens with zero attached hydrogens (tertiary/aromatic N) is 4. The SMILES string of the molecule is CC(C)=CC(=O)O.CC(C)=CCSCCNC(=O)CCNC(=O)C(O)C(C)(C)COP(=O)(O)OP(=O)(O)OC[C@H]1O[C@@H](n2cnc3c(N)ncnc32)[C@H](O)[C@@H]1OP(=O)(O)O. The summed E-state index contributed by atoms with van der Waals surface area (Å²) in [5.74, 6) is -0.660. The average molecular weight is 936 g/mol. The van der Waals surface area contributed by atoms with E-state index in [1.807, 2.05) is 13.8 Å². The fourth-order valence-corrected chi connectivity index (χ4v) is 8.45. The third kappa shape index (κ3) is 18.4. The first kappa shape index (κ1) is 53.0. The lowest BCUT2D eigenvalue weighted by atomic mass is 9.87. The quantitative estimate of drug-likeness (QED) is 0.0342. The summed E-state index contributed by atoms with van der Waals surface area (Å²) in [4.78, 5) is 85.1. The van der Waals surface area contributed by atoms with Gasteiger partial charge >= 0.3 is 29.4 Å². The molecule has 2 aromatic rings. The number of allylic oxidation sites excluding steroid dienone is 2. The van der Waals surface area contributed by atoms with Gasteiger partial charge in [-0.15, -0.1) is 0 Å². The van der Waals surface area contributed by atoms with E-state index >= 15 is 0 Å². The largest absolute Gasteiger partial charge is 0.481 e. The second kappa shape index (κ2) is 23.3. The maximum absolute atomic E-state index is 12.6. The van der Waals surface area contributed by atoms with E-state index in [1.165, 1.54) is 25.5 Å². The van der Waals surface area contributed by atoms with Gasteiger partial charge in [-0.25, -0.2) is 33.4 Å². The molecule has 1 fully saturated rings. The molecule has 1 aliphatic heterocycles. The number of carbonyl (C=O) groups is 3. The van der Waals surface area contributed by atoms with Gasteiger partial charge in [0.15, 0.2) is 17.7 Å². The minimum atomic E-state index is -5.55. The number of nitrogens with two attached hydrogens (primary N) is 1. The van der Waals surface area contributed by atoms with Gasteiger partial charge in [0.25, 0.3) is 0 Å². The van der Waals surface area contributed by atoms with Crippen molar-refractivity contribution >= 4 is 70.0 Å². The molecule has 11 N–H and O–H groups in total. The number of fused-ring (bicyclic) bond motifs is 1. The van der Waals surface area contributed by atoms with E-state index in [1.54, 1.807) is 25.6 Å². The number of aliphatic hydroxyl groups excluding tert-OH is 2. The number of aliphatic carboxylic acids is 1. The van der Waals surface area contributed by atoms with Crippen LogP contribution in [-0.2, 0) is 50.7 Å². The second-order valence-corrected chi connectivity index (χ2v) is 19.4. The summed E-state index contributed by atoms with van der Waals surface area (Å²) < 4.78 is 62.0. The highest BCUT2D eigenvalue weighted by atomic mass is 32.2. The summed E-state index contributed by atoms with van der Waals surface area (Å²) in [6, 6.07) is 0. The third-order valence-electron chi connectivity index (χ3n) is 7.67. The number of carboxylic acid groups (broad SMARTS) is 1. The zero-order valence-electron chi connectivity index (χ0n) is 33.4. The van der Waals surface area contributed by atoms with Crippen molar-refractivity contribution in [3.05, 3.63) is 36.0 Å². The molecule has 3 rings (SSSR count). The highest BCUT2D eigenvalue weighted by molar-refractivity contribution is 7.99. The van der Waals surface area contributed by atoms with Gasteiger partial charge in [-0.3, -0.25) is 27.7 Å². The van der Waals surface area contributed by atoms with Crippen LogP contribution in [0.5, 0.6) is 0 Å². The predicted octanol–water partition coefficient (Wildman–Crippen LogP) is 1.14. The number of hydrogen-bond acceptors (Lipinski definition) is 18. The first-order chi connectivity index (χ1) is 27.6. The number of anilines is 1. The van der Waals surface area contributed by atoms with Gasteiger partial charge in [0.05, 0.1) is 19.5 Å². The van der Waals surface area contributed by atoms with E-state index in [0.29, 0.717) is 12.3 Å². The minimum absolute atomic E-state index is 0.0350. The first-order valence-electron chi connectivity index (χ1n) is 17.6. The van der Waals surface area contributed by atoms with Crippen LogP contribution in [0.25, 0.3) is 11.2 Å². The van der Waals surface area contributed by atoms with Crippen molar-refractivity contribution in [1.82, 2.24) is 30.2 Å². The molecule has 340 valence electrons. The summed E-state index contributed by atoms with van der Waals surface area (Å²) in [5.41, 5.74) is 6.32. The molecule has 3 unspecified atom stereocenters. The van der Waals surface area contributed by atoms with Crippen molar-refractivity contribution in [1.29, 1.82) is 0 Å². The fraction of sp³-hybridized carbons (Fsp3) is 0.613. The number of hydrogen-bond donors (Lipinski definition) is 10. The number of carbonyl (C=O) groups excluding carboxylic acids is 2. The van der Waals surface area contributed by atoms with Crippen LogP contribution >= 0.6 is 35.2 Å². The van der Waals surface area contributed by atoms with E-state index in [-0.39, 0.29) is 35.9 Å². The molecule has 0 spiro atoms. The van der Waals surface area contributed by atoms with Gasteiger partial charge < -0.3 is 56.0 Å². The van der Waals surface area contributed by atoms with E-state index in [0.717, 1.165) is 28.5 Å². The average Bonchev–Trinajstić information content (AvgIpc) is 3.67. The number of thioether (sulfide) groups is 1. The summed E-state index contributed by atoms with van der Waals surface area (Å²) in [7, 11) is -16.3. The zero-order valence-corrected chi connectivity index (χ0v) is 36.9. The van der Waals surface area contributed by atoms with Gasteiger partial charge in [-0.05, 0) is 27.7 Å². The molecule has 0 radical (unpaired) electrons. The molecule has 0 bridgehead atoms. The molecule has 29 heteroatoms. The van der Waals surface area contributed by atoms with Crippen LogP contribution in [-0.4, -0.2) is 134 Å². The molecule has 2 amide bonds. The molecule has 60 heavy (non-hydrogen) atoms. The number of nitrogen functional groups attached to an aromatic ring is 1. The van der Waals surface area contributed by atoms with E-state index in [2.05, 4.69) is 40.5 Å². The van der Waals surface area contributed by atoms with Crippen LogP contribution in [0.4, 0.5) is 5.82 Å². The number of aromatic nitrogens is 4. The van der Waals surface area contributed by atoms with Gasteiger partial charge in [0.1, 0.15) is 36.3 Å². The highest BCUT2D eigenvalue weighted by Crippen LogP contribution is 2.61. The number of rotatable bonds is 22. The predicted molar refractivity (Wildman–Crippen MR) is 213 cm³/mol. The van der Waals surface area contributed by atoms with Gasteiger partial charge in [-0.1, -0.05) is 31.1 Å². The Morgan fingerprint density at radius 2 is 1.67 bits per heavy atom. The number of phosphoric acid groups is 3. The van der Waals surface area contributed by atoms with E-state index in [4.69, 9.17) is 24.6 Å². The van der Waals surface area contributed by atoms with Gasteiger partial charge in [0.2, 0.25) is 11.8 Å². The second-order valence-electron chi connectivity index (χ2n) is 14.0. The van der Waals surface area contributed by atoms with Crippen LogP contribution in [0, 0.1) is 5.41 Å². The molecular weight excluding hydrogens is 883 g/mol. The lowest BCUT2D eigenvalue weighted by Gasteiger charge is -2.30. The van der Waals surface area contributed by atoms with Crippen LogP contribution in [0.15, 0.2) is 36.0 Å². The molecule has 25 nitrogen and oxygen atoms in total. The van der Waals surface area contributed by atoms with E-state index in [9.17, 15) is 57.9 Å². The number of carboxylic acids is 1. The van der Waals surface area contributed by atoms with Gasteiger partial charge in [0, 0.05) is 42.5 Å². The monoisotopic (exact) mass is 935 g/mol. The number of imidazole rings is 1. The topological polar surface area (TPSA) is 384 Å². The van der Waals surface area contributed by atoms with Crippen LogP contribution in [0.3, 0.4) is 0 Å². The Morgan fingerprint density at radius 3 is 2.25 bits per heavy atom. The summed E-state index contributed by atoms with van der Waals surface area (Å²) in [5, 5.41) is 34.5. The molecular formula is C31H52N7O18P3S. The summed E-state index contributed by atoms with van der Waals surface area (Å²) >= 11 is 1.64. The molecule has 2 aromatic heterocycles. The summed E-state index contributed by atoms with van der Waals surface area (Å²) in [6.07, 6.45) is -3.49. The van der Waals surface area contributed by atoms with Gasteiger partial charge in [-0.2, -0.15) is 16.1 Å². The number of amides is 2. The number of phosphoric ester groups is 3. The maximum atomic E-state index is 12.6. The van der Waals surface area contributed by atoms with Crippen molar-refractivity contribution in [2.75, 3.05) is 43.5 Å². The fourth-order valence-electron chi connectivity index (χ4n) is 4.76. The Morgan fingerprint density at radius 1 is 1.02 bits per heavy atom. The number of nitrogens with one attached hydrogen (secondary N) is 2. The molecule has 1 saturated heterocycles. The van der Waals surface area contributed by atoms with Crippen molar-refractivity contribution in [3.8, 4) is 0 Å². The van der Waals surface area contributed by atoms with Crippen LogP contribution < -0.4 is 16.4 Å². The lowest BCUT2D eigenvalue weighted by Crippen LogP contribution is -2.46. The first-order valence-corrected chi connectivity index (χ1v) is 23.3. The highest BCUT2D eigenvalue weighted by Gasteiger charge is 2.50. The van der Waals surface area contributed by atoms with Crippen molar-refractivity contribution in [2.24, 2.45) is 5.41 Å². The Labute approximate surface area is 348 Å². The third-order valence-corrected chi connectivity index (χ3v) is 11.7. The Bertz CT molecular complexity index is 1990. The van der Waals surface area contributed by atoms with Crippen LogP contribution in [0.1, 0.15) is 54.2 Å². The smallest absolute Gasteiger partial charge is 0.478 e.